The lowest BCUT2D eigenvalue weighted by Gasteiger charge is -2.20. The Morgan fingerprint density at radius 1 is 1.16 bits per heavy atom. The molecule has 1 rings (SSSR count). The second-order valence-electron chi connectivity index (χ2n) is 5.70. The van der Waals surface area contributed by atoms with Crippen molar-refractivity contribution in [1.82, 2.24) is 9.62 Å². The van der Waals surface area contributed by atoms with E-state index in [4.69, 9.17) is 0 Å². The molecule has 1 N–H and O–H groups in total. The first-order valence-corrected chi connectivity index (χ1v) is 7.85. The van der Waals surface area contributed by atoms with Crippen LogP contribution in [0, 0.1) is 0 Å². The van der Waals surface area contributed by atoms with Gasteiger partial charge in [-0.3, -0.25) is 0 Å². The van der Waals surface area contributed by atoms with Gasteiger partial charge in [-0.25, -0.2) is 8.42 Å². The molecule has 0 heterocycles. The Kier molecular flexibility index (Phi) is 5.12. The molecule has 0 atom stereocenters. The Morgan fingerprint density at radius 3 is 2.11 bits per heavy atom. The summed E-state index contributed by atoms with van der Waals surface area (Å²) in [6.07, 6.45) is 0. The summed E-state index contributed by atoms with van der Waals surface area (Å²) in [4.78, 5) is 0.346. The summed E-state index contributed by atoms with van der Waals surface area (Å²) < 4.78 is 26.0. The maximum Gasteiger partial charge on any atom is 0.242 e. The number of benzene rings is 1. The minimum atomic E-state index is -3.38. The van der Waals surface area contributed by atoms with E-state index in [9.17, 15) is 8.42 Å². The fourth-order valence-electron chi connectivity index (χ4n) is 1.70. The third kappa shape index (κ3) is 4.03. The molecule has 0 saturated carbocycles. The molecule has 0 bridgehead atoms. The van der Waals surface area contributed by atoms with Gasteiger partial charge in [0.05, 0.1) is 4.90 Å². The van der Waals surface area contributed by atoms with Gasteiger partial charge in [-0.05, 0) is 30.2 Å². The van der Waals surface area contributed by atoms with Gasteiger partial charge in [0.25, 0.3) is 0 Å². The van der Waals surface area contributed by atoms with Gasteiger partial charge in [0.1, 0.15) is 0 Å². The maximum absolute atomic E-state index is 12.3. The number of hydrogen-bond acceptors (Lipinski definition) is 3. The Balaban J connectivity index is 2.97. The van der Waals surface area contributed by atoms with E-state index in [1.807, 2.05) is 12.1 Å². The molecule has 4 nitrogen and oxygen atoms in total. The van der Waals surface area contributed by atoms with Gasteiger partial charge in [0, 0.05) is 20.1 Å². The molecule has 0 unspecified atom stereocenters. The van der Waals surface area contributed by atoms with Crippen LogP contribution in [0.15, 0.2) is 29.2 Å². The zero-order valence-corrected chi connectivity index (χ0v) is 13.2. The Hall–Kier alpha value is -0.910. The number of hydrogen-bond donors (Lipinski definition) is 1. The number of nitrogens with one attached hydrogen (secondary N) is 1. The van der Waals surface area contributed by atoms with Crippen LogP contribution in [-0.4, -0.2) is 39.9 Å². The van der Waals surface area contributed by atoms with Gasteiger partial charge in [-0.15, -0.1) is 0 Å². The first kappa shape index (κ1) is 16.1. The standard InChI is InChI=1S/C14H24N2O2S/c1-14(2,3)12-6-8-13(9-7-12)19(17,18)16(5)11-10-15-4/h6-9,15H,10-11H2,1-5H3. The van der Waals surface area contributed by atoms with Crippen LogP contribution in [0.3, 0.4) is 0 Å². The van der Waals surface area contributed by atoms with Crippen molar-refractivity contribution in [3.05, 3.63) is 29.8 Å². The highest BCUT2D eigenvalue weighted by atomic mass is 32.2. The molecular weight excluding hydrogens is 260 g/mol. The third-order valence-electron chi connectivity index (χ3n) is 3.11. The van der Waals surface area contributed by atoms with Crippen molar-refractivity contribution in [3.63, 3.8) is 0 Å². The van der Waals surface area contributed by atoms with Crippen LogP contribution in [0.1, 0.15) is 26.3 Å². The van der Waals surface area contributed by atoms with E-state index in [0.717, 1.165) is 5.56 Å². The van der Waals surface area contributed by atoms with E-state index in [-0.39, 0.29) is 5.41 Å². The van der Waals surface area contributed by atoms with Gasteiger partial charge < -0.3 is 5.32 Å². The molecule has 0 aromatic heterocycles. The van der Waals surface area contributed by atoms with Crippen LogP contribution in [0.25, 0.3) is 0 Å². The van der Waals surface area contributed by atoms with E-state index in [1.165, 1.54) is 4.31 Å². The quantitative estimate of drug-likeness (QED) is 0.897. The maximum atomic E-state index is 12.3. The van der Waals surface area contributed by atoms with Crippen molar-refractivity contribution in [2.24, 2.45) is 0 Å². The average molecular weight is 284 g/mol. The zero-order chi connectivity index (χ0) is 14.7. The highest BCUT2D eigenvalue weighted by molar-refractivity contribution is 7.89. The monoisotopic (exact) mass is 284 g/mol. The number of sulfonamides is 1. The Labute approximate surface area is 116 Å². The van der Waals surface area contributed by atoms with Crippen LogP contribution in [-0.2, 0) is 15.4 Å². The molecule has 0 fully saturated rings. The summed E-state index contributed by atoms with van der Waals surface area (Å²) in [5.41, 5.74) is 1.16. The van der Waals surface area contributed by atoms with Crippen molar-refractivity contribution in [3.8, 4) is 0 Å². The Bertz CT molecular complexity index is 501. The molecule has 19 heavy (non-hydrogen) atoms. The van der Waals surface area contributed by atoms with Gasteiger partial charge in [-0.1, -0.05) is 32.9 Å². The van der Waals surface area contributed by atoms with Gasteiger partial charge in [0.15, 0.2) is 0 Å². The summed E-state index contributed by atoms with van der Waals surface area (Å²) in [7, 11) is 0.0255. The summed E-state index contributed by atoms with van der Waals surface area (Å²) in [5, 5.41) is 2.95. The molecule has 0 aliphatic rings. The fraction of sp³-hybridized carbons (Fsp3) is 0.571. The SMILES string of the molecule is CNCCN(C)S(=O)(=O)c1ccc(C(C)(C)C)cc1. The van der Waals surface area contributed by atoms with E-state index < -0.39 is 10.0 Å². The zero-order valence-electron chi connectivity index (χ0n) is 12.4. The van der Waals surface area contributed by atoms with Crippen LogP contribution in [0.4, 0.5) is 0 Å². The lowest BCUT2D eigenvalue weighted by atomic mass is 9.87. The predicted molar refractivity (Wildman–Crippen MR) is 78.9 cm³/mol. The molecule has 0 aliphatic heterocycles. The predicted octanol–water partition coefficient (Wildman–Crippen LogP) is 1.82. The summed E-state index contributed by atoms with van der Waals surface area (Å²) in [5.74, 6) is 0. The third-order valence-corrected chi connectivity index (χ3v) is 4.98. The van der Waals surface area contributed by atoms with Crippen LogP contribution >= 0.6 is 0 Å². The van der Waals surface area contributed by atoms with Gasteiger partial charge >= 0.3 is 0 Å². The highest BCUT2D eigenvalue weighted by Gasteiger charge is 2.21. The minimum Gasteiger partial charge on any atom is -0.318 e. The molecule has 0 spiro atoms. The van der Waals surface area contributed by atoms with Crippen LogP contribution in [0.5, 0.6) is 0 Å². The topological polar surface area (TPSA) is 49.4 Å². The van der Waals surface area contributed by atoms with Crippen molar-refractivity contribution in [2.75, 3.05) is 27.2 Å². The molecule has 0 amide bonds. The summed E-state index contributed by atoms with van der Waals surface area (Å²) >= 11 is 0. The minimum absolute atomic E-state index is 0.0281. The molecular formula is C14H24N2O2S. The molecule has 5 heteroatoms. The molecule has 0 radical (unpaired) electrons. The average Bonchev–Trinajstić information content (AvgIpc) is 2.35. The smallest absolute Gasteiger partial charge is 0.242 e. The molecule has 108 valence electrons. The molecule has 1 aromatic carbocycles. The van der Waals surface area contributed by atoms with Crippen molar-refractivity contribution in [2.45, 2.75) is 31.1 Å². The molecule has 1 aromatic rings. The second-order valence-corrected chi connectivity index (χ2v) is 7.75. The lowest BCUT2D eigenvalue weighted by molar-refractivity contribution is 0.466. The van der Waals surface area contributed by atoms with Crippen LogP contribution in [0.2, 0.25) is 0 Å². The van der Waals surface area contributed by atoms with E-state index in [2.05, 4.69) is 26.1 Å². The van der Waals surface area contributed by atoms with Crippen molar-refractivity contribution < 1.29 is 8.42 Å². The van der Waals surface area contributed by atoms with E-state index in [0.29, 0.717) is 18.0 Å². The molecule has 0 aliphatic carbocycles. The number of likely N-dealkylation sites (N-methyl/N-ethyl adjacent to an activating group) is 2. The summed E-state index contributed by atoms with van der Waals surface area (Å²) in [6, 6.07) is 7.15. The number of rotatable bonds is 5. The van der Waals surface area contributed by atoms with Crippen molar-refractivity contribution in [1.29, 1.82) is 0 Å². The highest BCUT2D eigenvalue weighted by Crippen LogP contribution is 2.24. The normalized spacial score (nSPS) is 12.9. The Morgan fingerprint density at radius 2 is 1.68 bits per heavy atom. The van der Waals surface area contributed by atoms with Gasteiger partial charge in [0.2, 0.25) is 10.0 Å². The first-order valence-electron chi connectivity index (χ1n) is 6.41. The lowest BCUT2D eigenvalue weighted by Crippen LogP contribution is -2.32. The van der Waals surface area contributed by atoms with E-state index >= 15 is 0 Å². The summed E-state index contributed by atoms with van der Waals surface area (Å²) in [6.45, 7) is 7.41. The van der Waals surface area contributed by atoms with Gasteiger partial charge in [-0.2, -0.15) is 4.31 Å². The van der Waals surface area contributed by atoms with Crippen molar-refractivity contribution >= 4 is 10.0 Å². The largest absolute Gasteiger partial charge is 0.318 e. The van der Waals surface area contributed by atoms with E-state index in [1.54, 1.807) is 26.2 Å². The number of nitrogens with zero attached hydrogens (tertiary/aromatic N) is 1. The van der Waals surface area contributed by atoms with Crippen LogP contribution < -0.4 is 5.32 Å². The fourth-order valence-corrected chi connectivity index (χ4v) is 2.87. The first-order chi connectivity index (χ1) is 8.69. The second kappa shape index (κ2) is 6.03. The molecule has 0 saturated heterocycles.